The number of carboxylic acid groups (broad SMARTS) is 3. The van der Waals surface area contributed by atoms with Crippen LogP contribution < -0.4 is 5.32 Å². The molecule has 2 aliphatic rings. The van der Waals surface area contributed by atoms with Crippen molar-refractivity contribution in [2.24, 2.45) is 5.92 Å². The molecule has 2 heterocycles. The Morgan fingerprint density at radius 2 is 1.64 bits per heavy atom. The predicted molar refractivity (Wildman–Crippen MR) is 167 cm³/mol. The molecule has 11 nitrogen and oxygen atoms in total. The van der Waals surface area contributed by atoms with Gasteiger partial charge in [-0.15, -0.1) is 11.8 Å². The summed E-state index contributed by atoms with van der Waals surface area (Å²) in [6, 6.07) is 17.2. The van der Waals surface area contributed by atoms with Crippen LogP contribution in [0.1, 0.15) is 48.9 Å². The van der Waals surface area contributed by atoms with Crippen molar-refractivity contribution in [3.05, 3.63) is 65.4 Å². The maximum absolute atomic E-state index is 12.0. The molecule has 44 heavy (non-hydrogen) atoms. The maximum atomic E-state index is 12.0. The first-order chi connectivity index (χ1) is 20.7. The Labute approximate surface area is 260 Å². The van der Waals surface area contributed by atoms with Gasteiger partial charge in [0.1, 0.15) is 0 Å². The Hall–Kier alpha value is -3.42. The number of aromatic amines is 1. The molecule has 7 N–H and O–H groups in total. The molecule has 1 fully saturated rings. The van der Waals surface area contributed by atoms with Gasteiger partial charge >= 0.3 is 17.9 Å². The van der Waals surface area contributed by atoms with Crippen LogP contribution in [0.4, 0.5) is 0 Å². The lowest BCUT2D eigenvalue weighted by atomic mass is 9.62. The van der Waals surface area contributed by atoms with Crippen molar-refractivity contribution in [3.63, 3.8) is 0 Å². The minimum atomic E-state index is -2.74. The second-order valence-corrected chi connectivity index (χ2v) is 13.0. The molecule has 3 unspecified atom stereocenters. The van der Waals surface area contributed by atoms with Crippen LogP contribution in [0.3, 0.4) is 0 Å². The Balaban J connectivity index is 0.000000289. The molecule has 3 aromatic rings. The Kier molecular flexibility index (Phi) is 10.1. The van der Waals surface area contributed by atoms with Crippen LogP contribution in [0.15, 0.2) is 53.4 Å². The summed E-state index contributed by atoms with van der Waals surface area (Å²) in [7, 11) is 4.22. The number of fused-ring (bicyclic) bond motifs is 4. The zero-order valence-corrected chi connectivity index (χ0v) is 26.0. The molecule has 5 rings (SSSR count). The first kappa shape index (κ1) is 33.5. The number of carbonyl (C=O) groups is 3. The van der Waals surface area contributed by atoms with Gasteiger partial charge in [0, 0.05) is 40.5 Å². The van der Waals surface area contributed by atoms with Gasteiger partial charge in [0.2, 0.25) is 0 Å². The highest BCUT2D eigenvalue weighted by atomic mass is 32.2. The summed E-state index contributed by atoms with van der Waals surface area (Å²) >= 11 is 1.74. The topological polar surface area (TPSA) is 183 Å². The first-order valence-corrected chi connectivity index (χ1v) is 15.7. The normalized spacial score (nSPS) is 23.2. The lowest BCUT2D eigenvalue weighted by Crippen LogP contribution is -2.57. The van der Waals surface area contributed by atoms with Gasteiger partial charge in [-0.05, 0) is 75.4 Å². The third-order valence-corrected chi connectivity index (χ3v) is 9.54. The van der Waals surface area contributed by atoms with Crippen LogP contribution in [0.5, 0.6) is 0 Å². The van der Waals surface area contributed by atoms with E-state index < -0.39 is 42.0 Å². The first-order valence-electron chi connectivity index (χ1n) is 14.5. The van der Waals surface area contributed by atoms with E-state index in [1.807, 2.05) is 0 Å². The molecule has 1 aliphatic carbocycles. The highest BCUT2D eigenvalue weighted by Gasteiger charge is 2.52. The van der Waals surface area contributed by atoms with E-state index >= 15 is 0 Å². The van der Waals surface area contributed by atoms with Crippen molar-refractivity contribution in [3.8, 4) is 0 Å². The average molecular weight is 628 g/mol. The predicted octanol–water partition coefficient (Wildman–Crippen LogP) is 3.23. The minimum absolute atomic E-state index is 0.0985. The number of aromatic nitrogens is 1. The van der Waals surface area contributed by atoms with Gasteiger partial charge in [-0.3, -0.25) is 9.59 Å². The Bertz CT molecular complexity index is 1490. The zero-order chi connectivity index (χ0) is 32.3. The summed E-state index contributed by atoms with van der Waals surface area (Å²) in [5.41, 5.74) is 1.46. The van der Waals surface area contributed by atoms with Crippen molar-refractivity contribution in [2.75, 3.05) is 33.4 Å². The lowest BCUT2D eigenvalue weighted by Gasteiger charge is -2.51. The molecule has 0 saturated heterocycles. The van der Waals surface area contributed by atoms with Crippen LogP contribution in [-0.2, 0) is 31.9 Å². The number of aliphatic hydroxyl groups is 2. The molecule has 0 bridgehead atoms. The van der Waals surface area contributed by atoms with E-state index in [9.17, 15) is 19.5 Å². The number of hydrogen-bond acceptors (Lipinski definition) is 8. The number of benzene rings is 2. The number of nitrogens with zero attached hydrogens (tertiary/aromatic N) is 1. The smallest absolute Gasteiger partial charge is 0.336 e. The summed E-state index contributed by atoms with van der Waals surface area (Å²) in [5.74, 6) is -4.88. The average Bonchev–Trinajstić information content (AvgIpc) is 3.35. The number of thioether (sulfide) groups is 1. The molecule has 0 amide bonds. The van der Waals surface area contributed by atoms with Crippen molar-refractivity contribution in [1.82, 2.24) is 15.2 Å². The van der Waals surface area contributed by atoms with Gasteiger partial charge < -0.3 is 40.7 Å². The fraction of sp³-hybridized carbons (Fsp3) is 0.469. The molecule has 3 atom stereocenters. The number of nitrogens with one attached hydrogen (secondary N) is 2. The number of hydrogen-bond donors (Lipinski definition) is 7. The van der Waals surface area contributed by atoms with Gasteiger partial charge in [0.15, 0.2) is 5.60 Å². The standard InChI is InChI=1S/C26H33N3OS.C6H8O7/c1-29(2)17-19-16-25(13-14-26(19,30)18-8-10-20(31-3)11-9-18)24-22(12-15-27-25)21-6-4-5-7-23(21)28-24;7-3(8)1-6(13,5(11)12)2-4(9)10/h4-11,19,27-28,30H,12-17H2,1-3H3;13H,1-2H2,(H,7,8)(H,9,10)(H,11,12). The molecule has 1 saturated carbocycles. The summed E-state index contributed by atoms with van der Waals surface area (Å²) in [4.78, 5) is 37.7. The number of para-hydroxylation sites is 1. The molecule has 1 aromatic heterocycles. The zero-order valence-electron chi connectivity index (χ0n) is 25.2. The van der Waals surface area contributed by atoms with E-state index in [-0.39, 0.29) is 11.5 Å². The molecule has 238 valence electrons. The van der Waals surface area contributed by atoms with Gasteiger partial charge in [0.05, 0.1) is 24.0 Å². The van der Waals surface area contributed by atoms with Gasteiger partial charge in [-0.25, -0.2) is 4.79 Å². The van der Waals surface area contributed by atoms with Crippen LogP contribution in [0, 0.1) is 5.92 Å². The molecule has 12 heteroatoms. The second kappa shape index (κ2) is 13.3. The maximum Gasteiger partial charge on any atom is 0.336 e. The van der Waals surface area contributed by atoms with Crippen molar-refractivity contribution in [1.29, 1.82) is 0 Å². The van der Waals surface area contributed by atoms with Gasteiger partial charge in [-0.2, -0.15) is 0 Å². The Morgan fingerprint density at radius 3 is 2.20 bits per heavy atom. The number of carboxylic acids is 3. The fourth-order valence-electron chi connectivity index (χ4n) is 6.70. The van der Waals surface area contributed by atoms with Crippen molar-refractivity contribution < 1.29 is 39.9 Å². The summed E-state index contributed by atoms with van der Waals surface area (Å²) in [6.07, 6.45) is 3.47. The fourth-order valence-corrected chi connectivity index (χ4v) is 7.11. The van der Waals surface area contributed by atoms with Crippen LogP contribution in [0.2, 0.25) is 0 Å². The third-order valence-electron chi connectivity index (χ3n) is 8.79. The van der Waals surface area contributed by atoms with Crippen LogP contribution >= 0.6 is 11.8 Å². The van der Waals surface area contributed by atoms with E-state index in [2.05, 4.69) is 84.1 Å². The van der Waals surface area contributed by atoms with Gasteiger partial charge in [0.25, 0.3) is 0 Å². The minimum Gasteiger partial charge on any atom is -0.481 e. The number of aliphatic carboxylic acids is 3. The number of rotatable bonds is 9. The quantitative estimate of drug-likeness (QED) is 0.173. The van der Waals surface area contributed by atoms with E-state index in [0.717, 1.165) is 44.3 Å². The summed E-state index contributed by atoms with van der Waals surface area (Å²) in [6.45, 7) is 1.85. The monoisotopic (exact) mass is 627 g/mol. The van der Waals surface area contributed by atoms with E-state index in [4.69, 9.17) is 20.4 Å². The third kappa shape index (κ3) is 6.94. The molecule has 2 aromatic carbocycles. The van der Waals surface area contributed by atoms with E-state index in [1.165, 1.54) is 27.1 Å². The number of H-pyrrole nitrogens is 1. The van der Waals surface area contributed by atoms with Crippen molar-refractivity contribution in [2.45, 2.75) is 60.2 Å². The van der Waals surface area contributed by atoms with Crippen LogP contribution in [0.25, 0.3) is 10.9 Å². The SMILES string of the molecule is CSc1ccc(C2(O)CCC3(CC2CN(C)C)NCCc2c3[nH]c3ccccc23)cc1.O=C(O)CC(O)(CC(=O)O)C(=O)O. The second-order valence-electron chi connectivity index (χ2n) is 12.1. The highest BCUT2D eigenvalue weighted by molar-refractivity contribution is 7.98. The highest BCUT2D eigenvalue weighted by Crippen LogP contribution is 2.51. The molecular formula is C32H41N3O8S. The Morgan fingerprint density at radius 1 is 1.00 bits per heavy atom. The molecular weight excluding hydrogens is 586 g/mol. The summed E-state index contributed by atoms with van der Waals surface area (Å²) in [5, 5.41) is 51.1. The summed E-state index contributed by atoms with van der Waals surface area (Å²) < 4.78 is 0. The molecule has 1 spiro atoms. The lowest BCUT2D eigenvalue weighted by molar-refractivity contribution is -0.170. The van der Waals surface area contributed by atoms with E-state index in [1.54, 1.807) is 11.8 Å². The van der Waals surface area contributed by atoms with Gasteiger partial charge in [-0.1, -0.05) is 30.3 Å². The molecule has 1 aliphatic heterocycles. The van der Waals surface area contributed by atoms with Crippen LogP contribution in [-0.4, -0.2) is 92.4 Å². The molecule has 0 radical (unpaired) electrons. The van der Waals surface area contributed by atoms with Crippen molar-refractivity contribution >= 4 is 40.6 Å². The van der Waals surface area contributed by atoms with E-state index in [0.29, 0.717) is 0 Å². The largest absolute Gasteiger partial charge is 0.481 e.